The third-order valence-corrected chi connectivity index (χ3v) is 5.02. The number of rotatable bonds is 4. The summed E-state index contributed by atoms with van der Waals surface area (Å²) < 4.78 is 0. The fourth-order valence-corrected chi connectivity index (χ4v) is 3.44. The van der Waals surface area contributed by atoms with E-state index >= 15 is 0 Å². The first kappa shape index (κ1) is 14.5. The summed E-state index contributed by atoms with van der Waals surface area (Å²) in [5.74, 6) is 0.824. The molecule has 1 aliphatic rings. The van der Waals surface area contributed by atoms with Crippen molar-refractivity contribution < 1.29 is 5.11 Å². The lowest BCUT2D eigenvalue weighted by molar-refractivity contribution is -0.0103. The molecule has 1 aromatic rings. The first-order valence-corrected chi connectivity index (χ1v) is 7.56. The van der Waals surface area contributed by atoms with Gasteiger partial charge in [0, 0.05) is 12.0 Å². The summed E-state index contributed by atoms with van der Waals surface area (Å²) >= 11 is 0. The van der Waals surface area contributed by atoms with Crippen LogP contribution < -0.4 is 5.73 Å². The Morgan fingerprint density at radius 2 is 2.05 bits per heavy atom. The van der Waals surface area contributed by atoms with Gasteiger partial charge in [0.2, 0.25) is 0 Å². The minimum absolute atomic E-state index is 0.112. The molecule has 0 saturated heterocycles. The van der Waals surface area contributed by atoms with Crippen LogP contribution in [0, 0.1) is 18.3 Å². The third-order valence-electron chi connectivity index (χ3n) is 5.02. The summed E-state index contributed by atoms with van der Waals surface area (Å²) in [6.45, 7) is 4.91. The van der Waals surface area contributed by atoms with E-state index in [1.54, 1.807) is 0 Å². The largest absolute Gasteiger partial charge is 0.388 e. The van der Waals surface area contributed by atoms with Crippen LogP contribution in [0.25, 0.3) is 0 Å². The molecule has 1 fully saturated rings. The monoisotopic (exact) mass is 261 g/mol. The van der Waals surface area contributed by atoms with Gasteiger partial charge in [-0.2, -0.15) is 0 Å². The summed E-state index contributed by atoms with van der Waals surface area (Å²) in [5.41, 5.74) is 8.16. The van der Waals surface area contributed by atoms with E-state index in [0.717, 1.165) is 24.3 Å². The summed E-state index contributed by atoms with van der Waals surface area (Å²) in [4.78, 5) is 0. The van der Waals surface area contributed by atoms with Crippen LogP contribution in [0.5, 0.6) is 0 Å². The van der Waals surface area contributed by atoms with Crippen molar-refractivity contribution in [1.82, 2.24) is 0 Å². The van der Waals surface area contributed by atoms with Gasteiger partial charge >= 0.3 is 0 Å². The molecule has 1 aliphatic carbocycles. The second kappa shape index (κ2) is 6.06. The van der Waals surface area contributed by atoms with Gasteiger partial charge in [-0.3, -0.25) is 0 Å². The average molecular weight is 261 g/mol. The highest BCUT2D eigenvalue weighted by Gasteiger charge is 2.40. The lowest BCUT2D eigenvalue weighted by Crippen LogP contribution is -2.40. The fourth-order valence-electron chi connectivity index (χ4n) is 3.44. The second-order valence-corrected chi connectivity index (χ2v) is 6.23. The van der Waals surface area contributed by atoms with Crippen molar-refractivity contribution in [2.75, 3.05) is 6.54 Å². The Kier molecular flexibility index (Phi) is 4.64. The fraction of sp³-hybridized carbons (Fsp3) is 0.647. The van der Waals surface area contributed by atoms with Gasteiger partial charge in [0.15, 0.2) is 0 Å². The first-order valence-electron chi connectivity index (χ1n) is 7.56. The molecule has 0 radical (unpaired) electrons. The predicted molar refractivity (Wildman–Crippen MR) is 79.9 cm³/mol. The van der Waals surface area contributed by atoms with Crippen molar-refractivity contribution in [3.8, 4) is 0 Å². The standard InChI is InChI=1S/C17H27NO/c1-3-14-7-9-17(12-18,10-8-14)16(19)15-6-4-5-13(2)11-15/h4-6,11,14,16,19H,3,7-10,12,18H2,1-2H3. The van der Waals surface area contributed by atoms with E-state index in [1.165, 1.54) is 24.8 Å². The van der Waals surface area contributed by atoms with E-state index in [1.807, 2.05) is 12.1 Å². The molecule has 1 unspecified atom stereocenters. The number of aliphatic hydroxyl groups is 1. The van der Waals surface area contributed by atoms with Crippen molar-refractivity contribution in [1.29, 1.82) is 0 Å². The molecule has 106 valence electrons. The molecular weight excluding hydrogens is 234 g/mol. The van der Waals surface area contributed by atoms with Crippen molar-refractivity contribution >= 4 is 0 Å². The Morgan fingerprint density at radius 1 is 1.37 bits per heavy atom. The van der Waals surface area contributed by atoms with Gasteiger partial charge in [-0.1, -0.05) is 43.2 Å². The molecule has 1 aromatic carbocycles. The van der Waals surface area contributed by atoms with E-state index in [0.29, 0.717) is 6.54 Å². The van der Waals surface area contributed by atoms with Gasteiger partial charge in [-0.25, -0.2) is 0 Å². The highest BCUT2D eigenvalue weighted by atomic mass is 16.3. The molecule has 1 atom stereocenters. The predicted octanol–water partition coefficient (Wildman–Crippen LogP) is 3.57. The Morgan fingerprint density at radius 3 is 2.58 bits per heavy atom. The van der Waals surface area contributed by atoms with Crippen LogP contribution >= 0.6 is 0 Å². The smallest absolute Gasteiger partial charge is 0.0858 e. The summed E-state index contributed by atoms with van der Waals surface area (Å²) in [6, 6.07) is 8.21. The zero-order chi connectivity index (χ0) is 13.9. The SMILES string of the molecule is CCC1CCC(CN)(C(O)c2cccc(C)c2)CC1. The van der Waals surface area contributed by atoms with Crippen LogP contribution in [-0.2, 0) is 0 Å². The normalized spacial score (nSPS) is 29.2. The Labute approximate surface area is 117 Å². The highest BCUT2D eigenvalue weighted by molar-refractivity contribution is 5.26. The molecule has 0 heterocycles. The Bertz CT molecular complexity index is 407. The van der Waals surface area contributed by atoms with E-state index in [-0.39, 0.29) is 5.41 Å². The van der Waals surface area contributed by atoms with Crippen LogP contribution in [0.2, 0.25) is 0 Å². The van der Waals surface area contributed by atoms with Gasteiger partial charge in [0.1, 0.15) is 0 Å². The zero-order valence-electron chi connectivity index (χ0n) is 12.2. The van der Waals surface area contributed by atoms with Crippen LogP contribution in [0.4, 0.5) is 0 Å². The van der Waals surface area contributed by atoms with Crippen molar-refractivity contribution in [3.05, 3.63) is 35.4 Å². The number of hydrogen-bond donors (Lipinski definition) is 2. The maximum absolute atomic E-state index is 10.8. The van der Waals surface area contributed by atoms with E-state index in [4.69, 9.17) is 5.73 Å². The Hall–Kier alpha value is -0.860. The second-order valence-electron chi connectivity index (χ2n) is 6.23. The molecule has 0 bridgehead atoms. The minimum Gasteiger partial charge on any atom is -0.388 e. The molecule has 0 aromatic heterocycles. The quantitative estimate of drug-likeness (QED) is 0.870. The van der Waals surface area contributed by atoms with Gasteiger partial charge < -0.3 is 10.8 Å². The van der Waals surface area contributed by atoms with Crippen LogP contribution in [0.15, 0.2) is 24.3 Å². The number of nitrogens with two attached hydrogens (primary N) is 1. The lowest BCUT2D eigenvalue weighted by Gasteiger charge is -2.43. The van der Waals surface area contributed by atoms with Crippen molar-refractivity contribution in [3.63, 3.8) is 0 Å². The highest BCUT2D eigenvalue weighted by Crippen LogP contribution is 2.47. The van der Waals surface area contributed by atoms with Gasteiger partial charge in [-0.05, 0) is 44.1 Å². The maximum Gasteiger partial charge on any atom is 0.0858 e. The number of hydrogen-bond acceptors (Lipinski definition) is 2. The van der Waals surface area contributed by atoms with Crippen molar-refractivity contribution in [2.24, 2.45) is 17.1 Å². The molecule has 3 N–H and O–H groups in total. The first-order chi connectivity index (χ1) is 9.11. The Balaban J connectivity index is 2.17. The maximum atomic E-state index is 10.8. The van der Waals surface area contributed by atoms with Gasteiger partial charge in [0.25, 0.3) is 0 Å². The molecule has 0 amide bonds. The third kappa shape index (κ3) is 3.01. The summed E-state index contributed by atoms with van der Waals surface area (Å²) in [5, 5.41) is 10.8. The van der Waals surface area contributed by atoms with Crippen LogP contribution in [-0.4, -0.2) is 11.7 Å². The molecule has 2 nitrogen and oxygen atoms in total. The molecular formula is C17H27NO. The number of aliphatic hydroxyl groups excluding tert-OH is 1. The molecule has 1 saturated carbocycles. The average Bonchev–Trinajstić information content (AvgIpc) is 2.46. The zero-order valence-corrected chi connectivity index (χ0v) is 12.2. The van der Waals surface area contributed by atoms with E-state index in [2.05, 4.69) is 26.0 Å². The van der Waals surface area contributed by atoms with Gasteiger partial charge in [-0.15, -0.1) is 0 Å². The minimum atomic E-state index is -0.421. The molecule has 2 rings (SSSR count). The molecule has 0 spiro atoms. The summed E-state index contributed by atoms with van der Waals surface area (Å²) in [7, 11) is 0. The number of benzene rings is 1. The van der Waals surface area contributed by atoms with E-state index in [9.17, 15) is 5.11 Å². The lowest BCUT2D eigenvalue weighted by atomic mass is 9.65. The number of aryl methyl sites for hydroxylation is 1. The van der Waals surface area contributed by atoms with E-state index < -0.39 is 6.10 Å². The van der Waals surface area contributed by atoms with Crippen LogP contribution in [0.3, 0.4) is 0 Å². The molecule has 19 heavy (non-hydrogen) atoms. The van der Waals surface area contributed by atoms with Crippen molar-refractivity contribution in [2.45, 2.75) is 52.1 Å². The summed E-state index contributed by atoms with van der Waals surface area (Å²) in [6.07, 6.45) is 5.35. The molecule has 2 heteroatoms. The topological polar surface area (TPSA) is 46.2 Å². The molecule has 0 aliphatic heterocycles. The van der Waals surface area contributed by atoms with Crippen LogP contribution in [0.1, 0.15) is 56.3 Å². The van der Waals surface area contributed by atoms with Gasteiger partial charge in [0.05, 0.1) is 6.10 Å².